The predicted octanol–water partition coefficient (Wildman–Crippen LogP) is 9.99. The molecule has 3 heterocycles. The summed E-state index contributed by atoms with van der Waals surface area (Å²) in [4.78, 5) is 80.0. The first-order valence-electron chi connectivity index (χ1n) is 24.2. The van der Waals surface area contributed by atoms with Gasteiger partial charge in [0.05, 0.1) is 25.0 Å². The topological polar surface area (TPSA) is 197 Å². The molecule has 4 aliphatic rings. The van der Waals surface area contributed by atoms with Crippen LogP contribution in [0.3, 0.4) is 0 Å². The second-order valence-corrected chi connectivity index (χ2v) is 19.2. The highest BCUT2D eigenvalue weighted by molar-refractivity contribution is 5.93. The molecule has 0 radical (unpaired) electrons. The second-order valence-electron chi connectivity index (χ2n) is 19.2. The summed E-state index contributed by atoms with van der Waals surface area (Å²) >= 11 is 0. The van der Waals surface area contributed by atoms with E-state index < -0.39 is 41.9 Å². The van der Waals surface area contributed by atoms with Crippen molar-refractivity contribution in [2.75, 3.05) is 18.6 Å². The summed E-state index contributed by atoms with van der Waals surface area (Å²) in [6, 6.07) is 19.1. The van der Waals surface area contributed by atoms with E-state index in [0.29, 0.717) is 36.5 Å². The van der Waals surface area contributed by atoms with Gasteiger partial charge in [0.2, 0.25) is 5.91 Å². The number of hydrogen-bond acceptors (Lipinski definition) is 7. The SMILES string of the molecule is CCCCC1(CCCC)c2cc(-c3cnc([C@@H]4CCCN4C(=O)[C@@H](NC(=O)O)C(C)C)[nH]3)ccc2-c2ccc(N(C(=O)O)[C@H]3C[C@H]4CCC[C@H]4N3C(=O)[C@H](NC(=O)OC)c3ccccc3)cc21. The fourth-order valence-electron chi connectivity index (χ4n) is 11.7. The Morgan fingerprint density at radius 3 is 2.24 bits per heavy atom. The molecule has 0 spiro atoms. The maximum atomic E-state index is 14.9. The van der Waals surface area contributed by atoms with Crippen molar-refractivity contribution in [3.63, 3.8) is 0 Å². The third kappa shape index (κ3) is 8.96. The van der Waals surface area contributed by atoms with Crippen LogP contribution in [0.2, 0.25) is 0 Å². The third-order valence-electron chi connectivity index (χ3n) is 14.9. The minimum absolute atomic E-state index is 0.113. The number of aromatic amines is 1. The number of benzene rings is 3. The van der Waals surface area contributed by atoms with Crippen molar-refractivity contribution in [1.29, 1.82) is 0 Å². The van der Waals surface area contributed by atoms with Crippen LogP contribution in [0, 0.1) is 11.8 Å². The van der Waals surface area contributed by atoms with Gasteiger partial charge in [0, 0.05) is 23.7 Å². The molecule has 0 unspecified atom stereocenters. The first kappa shape index (κ1) is 47.1. The lowest BCUT2D eigenvalue weighted by molar-refractivity contribution is -0.137. The number of amides is 5. The van der Waals surface area contributed by atoms with Crippen LogP contribution in [0.1, 0.15) is 139 Å². The van der Waals surface area contributed by atoms with Gasteiger partial charge in [0.1, 0.15) is 24.1 Å². The average molecular weight is 916 g/mol. The van der Waals surface area contributed by atoms with Crippen LogP contribution >= 0.6 is 0 Å². The number of nitrogens with one attached hydrogen (secondary N) is 3. The molecule has 8 rings (SSSR count). The Morgan fingerprint density at radius 2 is 1.58 bits per heavy atom. The Labute approximate surface area is 392 Å². The van der Waals surface area contributed by atoms with Crippen LogP contribution in [0.25, 0.3) is 22.4 Å². The van der Waals surface area contributed by atoms with Gasteiger partial charge < -0.3 is 40.4 Å². The van der Waals surface area contributed by atoms with E-state index in [-0.39, 0.29) is 35.7 Å². The number of fused-ring (bicyclic) bond motifs is 4. The number of imidazole rings is 1. The van der Waals surface area contributed by atoms with Crippen molar-refractivity contribution in [1.82, 2.24) is 30.4 Å². The zero-order valence-corrected chi connectivity index (χ0v) is 39.3. The van der Waals surface area contributed by atoms with Gasteiger partial charge >= 0.3 is 18.3 Å². The lowest BCUT2D eigenvalue weighted by atomic mass is 9.70. The van der Waals surface area contributed by atoms with E-state index in [0.717, 1.165) is 92.2 Å². The normalized spacial score (nSPS) is 21.0. The molecule has 6 atom stereocenters. The molecule has 15 nitrogen and oxygen atoms in total. The smallest absolute Gasteiger partial charge is 0.413 e. The highest BCUT2D eigenvalue weighted by Crippen LogP contribution is 2.56. The second kappa shape index (κ2) is 19.8. The van der Waals surface area contributed by atoms with Gasteiger partial charge in [-0.3, -0.25) is 14.5 Å². The molecule has 4 aromatic rings. The van der Waals surface area contributed by atoms with Crippen LogP contribution in [0.15, 0.2) is 72.9 Å². The molecular weight excluding hydrogens is 851 g/mol. The van der Waals surface area contributed by atoms with Gasteiger partial charge in [0.25, 0.3) is 5.91 Å². The minimum Gasteiger partial charge on any atom is -0.465 e. The summed E-state index contributed by atoms with van der Waals surface area (Å²) in [5, 5.41) is 25.9. The molecule has 1 aromatic heterocycles. The van der Waals surface area contributed by atoms with Gasteiger partial charge in [-0.25, -0.2) is 19.4 Å². The van der Waals surface area contributed by atoms with E-state index in [1.165, 1.54) is 17.6 Å². The van der Waals surface area contributed by atoms with E-state index in [1.807, 2.05) is 32.2 Å². The zero-order chi connectivity index (χ0) is 47.6. The molecule has 5 N–H and O–H groups in total. The van der Waals surface area contributed by atoms with E-state index >= 15 is 0 Å². The quantitative estimate of drug-likeness (QED) is 0.0726. The largest absolute Gasteiger partial charge is 0.465 e. The molecule has 2 aliphatic carbocycles. The molecule has 67 heavy (non-hydrogen) atoms. The van der Waals surface area contributed by atoms with Crippen molar-refractivity contribution in [2.24, 2.45) is 11.8 Å². The van der Waals surface area contributed by atoms with Gasteiger partial charge in [0.15, 0.2) is 0 Å². The highest BCUT2D eigenvalue weighted by Gasteiger charge is 2.52. The monoisotopic (exact) mass is 915 g/mol. The van der Waals surface area contributed by atoms with E-state index in [1.54, 1.807) is 34.1 Å². The predicted molar refractivity (Wildman–Crippen MR) is 254 cm³/mol. The van der Waals surface area contributed by atoms with Crippen LogP contribution in [0.4, 0.5) is 20.1 Å². The molecule has 5 amide bonds. The van der Waals surface area contributed by atoms with Crippen molar-refractivity contribution in [3.8, 4) is 22.4 Å². The van der Waals surface area contributed by atoms with Gasteiger partial charge in [-0.05, 0) is 108 Å². The van der Waals surface area contributed by atoms with Crippen molar-refractivity contribution in [3.05, 3.63) is 95.4 Å². The number of rotatable bonds is 16. The van der Waals surface area contributed by atoms with Crippen LogP contribution < -0.4 is 15.5 Å². The number of unbranched alkanes of at least 4 members (excludes halogenated alkanes) is 2. The van der Waals surface area contributed by atoms with Crippen molar-refractivity contribution in [2.45, 2.75) is 140 Å². The first-order chi connectivity index (χ1) is 32.3. The maximum absolute atomic E-state index is 14.9. The number of carboxylic acid groups (broad SMARTS) is 2. The van der Waals surface area contributed by atoms with E-state index in [2.05, 4.69) is 59.8 Å². The summed E-state index contributed by atoms with van der Waals surface area (Å²) in [5.41, 5.74) is 6.83. The molecule has 1 saturated carbocycles. The standard InChI is InChI=1S/C52H65N7O8/c1-6-8-24-52(25-9-7-2)38-27-33(40-30-53-46(54-40)42-19-14-26-57(42)47(60)44(31(3)4)55-49(62)63)20-22-36(38)37-23-21-35(29-39(37)52)58(51(65)66)43-28-34-17-13-18-41(34)59(43)48(61)45(56-50(64)67-5)32-15-11-10-12-16-32/h10-12,15-16,20-23,27,29-31,34,41-45,55H,6-9,13-14,17-19,24-26,28H2,1-5H3,(H,53,54)(H,56,64)(H,62,63)(H,65,66)/t34-,41-,42+,43-,44+,45-/m1/s1. The average Bonchev–Trinajstić information content (AvgIpc) is 4.18. The lowest BCUT2D eigenvalue weighted by Gasteiger charge is -2.38. The Morgan fingerprint density at radius 1 is 0.881 bits per heavy atom. The molecule has 3 fully saturated rings. The number of alkyl carbamates (subject to hydrolysis) is 1. The first-order valence-corrected chi connectivity index (χ1v) is 24.2. The van der Waals surface area contributed by atoms with Crippen LogP contribution in [-0.2, 0) is 19.7 Å². The van der Waals surface area contributed by atoms with Gasteiger partial charge in [-0.15, -0.1) is 0 Å². The number of hydrogen-bond donors (Lipinski definition) is 5. The van der Waals surface area contributed by atoms with Gasteiger partial charge in [-0.2, -0.15) is 0 Å². The van der Waals surface area contributed by atoms with Gasteiger partial charge in [-0.1, -0.05) is 108 Å². The van der Waals surface area contributed by atoms with Crippen LogP contribution in [-0.4, -0.2) is 92.0 Å². The summed E-state index contributed by atoms with van der Waals surface area (Å²) < 4.78 is 4.96. The number of aromatic nitrogens is 2. The number of methoxy groups -OCH3 is 1. The Balaban J connectivity index is 1.16. The zero-order valence-electron chi connectivity index (χ0n) is 39.3. The molecule has 0 bridgehead atoms. The maximum Gasteiger partial charge on any atom is 0.413 e. The molecule has 3 aromatic carbocycles. The molecular formula is C52H65N7O8. The number of ether oxygens (including phenoxy) is 1. The third-order valence-corrected chi connectivity index (χ3v) is 14.9. The lowest BCUT2D eigenvalue weighted by Crippen LogP contribution is -2.55. The summed E-state index contributed by atoms with van der Waals surface area (Å²) in [5.74, 6) is -0.0849. The fourth-order valence-corrected chi connectivity index (χ4v) is 11.7. The van der Waals surface area contributed by atoms with E-state index in [9.17, 15) is 34.2 Å². The number of carbonyl (C=O) groups excluding carboxylic acids is 3. The number of carbonyl (C=O) groups is 5. The number of likely N-dealkylation sites (tertiary alicyclic amines) is 2. The Hall–Kier alpha value is -6.38. The van der Waals surface area contributed by atoms with Crippen LogP contribution in [0.5, 0.6) is 0 Å². The minimum atomic E-state index is -1.23. The summed E-state index contributed by atoms with van der Waals surface area (Å²) in [6.45, 7) is 8.55. The van der Waals surface area contributed by atoms with E-state index in [4.69, 9.17) is 9.72 Å². The molecule has 2 saturated heterocycles. The number of anilines is 1. The fraction of sp³-hybridized carbons (Fsp3) is 0.500. The summed E-state index contributed by atoms with van der Waals surface area (Å²) in [6.07, 6.45) is 7.97. The Kier molecular flexibility index (Phi) is 14.0. The van der Waals surface area contributed by atoms with Crippen molar-refractivity contribution >= 4 is 35.8 Å². The molecule has 15 heteroatoms. The number of H-pyrrole nitrogens is 1. The molecule has 356 valence electrons. The number of nitrogens with zero attached hydrogens (tertiary/aromatic N) is 4. The highest BCUT2D eigenvalue weighted by atomic mass is 16.5. The summed E-state index contributed by atoms with van der Waals surface area (Å²) in [7, 11) is 1.25. The Bertz CT molecular complexity index is 2460. The molecule has 2 aliphatic heterocycles. The van der Waals surface area contributed by atoms with Crippen molar-refractivity contribution < 1.29 is 38.9 Å².